The number of hydrogen-bond acceptors (Lipinski definition) is 4. The van der Waals surface area contributed by atoms with E-state index in [0.717, 1.165) is 55.2 Å². The first-order valence-electron chi connectivity index (χ1n) is 9.41. The summed E-state index contributed by atoms with van der Waals surface area (Å²) in [5.74, 6) is 1.67. The lowest BCUT2D eigenvalue weighted by Gasteiger charge is -2.38. The van der Waals surface area contributed by atoms with Crippen molar-refractivity contribution in [3.63, 3.8) is 0 Å². The molecule has 144 valence electrons. The zero-order valence-corrected chi connectivity index (χ0v) is 16.4. The molecule has 1 fully saturated rings. The Morgan fingerprint density at radius 1 is 1.04 bits per heavy atom. The normalized spacial score (nSPS) is 15.4. The van der Waals surface area contributed by atoms with Gasteiger partial charge in [-0.25, -0.2) is 0 Å². The van der Waals surface area contributed by atoms with Gasteiger partial charge in [0.1, 0.15) is 0 Å². The average Bonchev–Trinajstić information content (AvgIpc) is 2.70. The molecule has 1 amide bonds. The Labute approximate surface area is 161 Å². The third-order valence-corrected chi connectivity index (χ3v) is 5.17. The van der Waals surface area contributed by atoms with Crippen LogP contribution in [0, 0.1) is 0 Å². The Hall–Kier alpha value is -2.53. The highest BCUT2D eigenvalue weighted by Gasteiger charge is 2.27. The van der Waals surface area contributed by atoms with E-state index in [1.807, 2.05) is 47.4 Å². The molecule has 0 spiro atoms. The van der Waals surface area contributed by atoms with Gasteiger partial charge in [0.05, 0.1) is 14.2 Å². The fourth-order valence-corrected chi connectivity index (χ4v) is 3.89. The Morgan fingerprint density at radius 3 is 2.33 bits per heavy atom. The van der Waals surface area contributed by atoms with Gasteiger partial charge in [-0.1, -0.05) is 30.3 Å². The van der Waals surface area contributed by atoms with Crippen LogP contribution in [0.5, 0.6) is 11.5 Å². The van der Waals surface area contributed by atoms with Crippen LogP contribution in [0.2, 0.25) is 0 Å². The number of nitrogens with zero attached hydrogens (tertiary/aromatic N) is 2. The van der Waals surface area contributed by atoms with Crippen molar-refractivity contribution in [1.29, 1.82) is 0 Å². The predicted octanol–water partition coefficient (Wildman–Crippen LogP) is 3.72. The van der Waals surface area contributed by atoms with E-state index in [1.165, 1.54) is 0 Å². The maximum atomic E-state index is 12.3. The Kier molecular flexibility index (Phi) is 6.35. The zero-order chi connectivity index (χ0) is 19.2. The Morgan fingerprint density at radius 2 is 1.74 bits per heavy atom. The molecule has 1 aliphatic rings. The van der Waals surface area contributed by atoms with E-state index < -0.39 is 0 Å². The summed E-state index contributed by atoms with van der Waals surface area (Å²) in [5, 5.41) is 0. The minimum absolute atomic E-state index is 0.106. The number of carbonyl (C=O) groups excluding carboxylic acids is 1. The molecule has 5 nitrogen and oxygen atoms in total. The number of hydrogen-bond donors (Lipinski definition) is 0. The van der Waals surface area contributed by atoms with Crippen molar-refractivity contribution < 1.29 is 14.3 Å². The second-order valence-electron chi connectivity index (χ2n) is 6.88. The van der Waals surface area contributed by atoms with Gasteiger partial charge < -0.3 is 14.4 Å². The van der Waals surface area contributed by atoms with Crippen LogP contribution in [-0.2, 0) is 11.3 Å². The van der Waals surface area contributed by atoms with E-state index in [4.69, 9.17) is 9.47 Å². The standard InChI is InChI=1S/C22H28N2O3/c1-17(25)24(19-9-5-4-6-10-19)20-12-14-23(15-13-20)16-18-8-7-11-21(26-2)22(18)27-3/h4-11,20H,12-16H2,1-3H3. The summed E-state index contributed by atoms with van der Waals surface area (Å²) in [6.07, 6.45) is 1.92. The van der Waals surface area contributed by atoms with Crippen molar-refractivity contribution in [2.45, 2.75) is 32.4 Å². The zero-order valence-electron chi connectivity index (χ0n) is 16.4. The van der Waals surface area contributed by atoms with Crippen LogP contribution in [0.15, 0.2) is 48.5 Å². The molecule has 1 heterocycles. The molecule has 0 unspecified atom stereocenters. The lowest BCUT2D eigenvalue weighted by molar-refractivity contribution is -0.117. The molecule has 2 aromatic carbocycles. The maximum Gasteiger partial charge on any atom is 0.224 e. The van der Waals surface area contributed by atoms with Gasteiger partial charge in [0.25, 0.3) is 0 Å². The number of ether oxygens (including phenoxy) is 2. The molecule has 0 radical (unpaired) electrons. The summed E-state index contributed by atoms with van der Waals surface area (Å²) in [7, 11) is 3.34. The number of methoxy groups -OCH3 is 2. The second-order valence-corrected chi connectivity index (χ2v) is 6.88. The molecule has 2 aromatic rings. The van der Waals surface area contributed by atoms with Crippen LogP contribution in [0.1, 0.15) is 25.3 Å². The highest BCUT2D eigenvalue weighted by Crippen LogP contribution is 2.32. The minimum atomic E-state index is 0.106. The van der Waals surface area contributed by atoms with E-state index in [2.05, 4.69) is 11.0 Å². The molecule has 1 saturated heterocycles. The van der Waals surface area contributed by atoms with Gasteiger partial charge >= 0.3 is 0 Å². The monoisotopic (exact) mass is 368 g/mol. The smallest absolute Gasteiger partial charge is 0.224 e. The Bertz CT molecular complexity index is 755. The largest absolute Gasteiger partial charge is 0.493 e. The quantitative estimate of drug-likeness (QED) is 0.779. The van der Waals surface area contributed by atoms with Gasteiger partial charge in [0, 0.05) is 43.9 Å². The second kappa shape index (κ2) is 8.91. The van der Waals surface area contributed by atoms with Crippen LogP contribution >= 0.6 is 0 Å². The third kappa shape index (κ3) is 4.42. The lowest BCUT2D eigenvalue weighted by Crippen LogP contribution is -2.46. The van der Waals surface area contributed by atoms with Crippen molar-refractivity contribution in [1.82, 2.24) is 4.90 Å². The van der Waals surface area contributed by atoms with Crippen LogP contribution in [0.25, 0.3) is 0 Å². The summed E-state index contributed by atoms with van der Waals surface area (Å²) in [4.78, 5) is 16.6. The number of benzene rings is 2. The molecular weight excluding hydrogens is 340 g/mol. The van der Waals surface area contributed by atoms with E-state index >= 15 is 0 Å². The summed E-state index contributed by atoms with van der Waals surface area (Å²) in [5.41, 5.74) is 2.11. The lowest BCUT2D eigenvalue weighted by atomic mass is 10.0. The summed E-state index contributed by atoms with van der Waals surface area (Å²) in [6, 6.07) is 16.2. The highest BCUT2D eigenvalue weighted by atomic mass is 16.5. The number of likely N-dealkylation sites (tertiary alicyclic amines) is 1. The van der Waals surface area contributed by atoms with Crippen molar-refractivity contribution >= 4 is 11.6 Å². The Balaban J connectivity index is 1.66. The summed E-state index contributed by atoms with van der Waals surface area (Å²) < 4.78 is 11.0. The van der Waals surface area contributed by atoms with Crippen molar-refractivity contribution in [2.75, 3.05) is 32.2 Å². The molecular formula is C22H28N2O3. The first kappa shape index (κ1) is 19.2. The van der Waals surface area contributed by atoms with E-state index in [1.54, 1.807) is 21.1 Å². The van der Waals surface area contributed by atoms with Gasteiger partial charge in [0.2, 0.25) is 5.91 Å². The molecule has 0 atom stereocenters. The number of amides is 1. The number of para-hydroxylation sites is 2. The van der Waals surface area contributed by atoms with Crippen molar-refractivity contribution in [3.8, 4) is 11.5 Å². The minimum Gasteiger partial charge on any atom is -0.493 e. The topological polar surface area (TPSA) is 42.0 Å². The van der Waals surface area contributed by atoms with E-state index in [9.17, 15) is 4.79 Å². The summed E-state index contributed by atoms with van der Waals surface area (Å²) >= 11 is 0. The number of rotatable bonds is 6. The number of anilines is 1. The average molecular weight is 368 g/mol. The number of piperidine rings is 1. The van der Waals surface area contributed by atoms with Gasteiger partial charge in [0.15, 0.2) is 11.5 Å². The fourth-order valence-electron chi connectivity index (χ4n) is 3.89. The van der Waals surface area contributed by atoms with Crippen molar-refractivity contribution in [2.24, 2.45) is 0 Å². The maximum absolute atomic E-state index is 12.3. The third-order valence-electron chi connectivity index (χ3n) is 5.17. The van der Waals surface area contributed by atoms with Crippen LogP contribution in [0.4, 0.5) is 5.69 Å². The summed E-state index contributed by atoms with van der Waals surface area (Å²) in [6.45, 7) is 4.36. The molecule has 27 heavy (non-hydrogen) atoms. The molecule has 1 aliphatic heterocycles. The van der Waals surface area contributed by atoms with Crippen molar-refractivity contribution in [3.05, 3.63) is 54.1 Å². The molecule has 3 rings (SSSR count). The molecule has 0 saturated carbocycles. The van der Waals surface area contributed by atoms with Crippen LogP contribution in [-0.4, -0.2) is 44.2 Å². The van der Waals surface area contributed by atoms with Crippen LogP contribution < -0.4 is 14.4 Å². The predicted molar refractivity (Wildman–Crippen MR) is 107 cm³/mol. The first-order chi connectivity index (χ1) is 13.1. The van der Waals surface area contributed by atoms with Gasteiger partial charge in [-0.3, -0.25) is 9.69 Å². The van der Waals surface area contributed by atoms with E-state index in [-0.39, 0.29) is 11.9 Å². The van der Waals surface area contributed by atoms with Crippen LogP contribution in [0.3, 0.4) is 0 Å². The van der Waals surface area contributed by atoms with E-state index in [0.29, 0.717) is 0 Å². The number of carbonyl (C=O) groups is 1. The molecule has 5 heteroatoms. The molecule has 0 bridgehead atoms. The first-order valence-corrected chi connectivity index (χ1v) is 9.41. The van der Waals surface area contributed by atoms with Gasteiger partial charge in [-0.2, -0.15) is 0 Å². The molecule has 0 N–H and O–H groups in total. The van der Waals surface area contributed by atoms with Gasteiger partial charge in [-0.15, -0.1) is 0 Å². The SMILES string of the molecule is COc1cccc(CN2CCC(N(C(C)=O)c3ccccc3)CC2)c1OC. The highest BCUT2D eigenvalue weighted by molar-refractivity contribution is 5.92. The molecule has 0 aromatic heterocycles. The fraction of sp³-hybridized carbons (Fsp3) is 0.409. The molecule has 0 aliphatic carbocycles. The van der Waals surface area contributed by atoms with Gasteiger partial charge in [-0.05, 0) is 31.0 Å².